The normalized spacial score (nSPS) is 11.6. The molecule has 0 aliphatic rings. The van der Waals surface area contributed by atoms with Crippen molar-refractivity contribution in [3.05, 3.63) is 29.8 Å². The monoisotopic (exact) mass is 263 g/mol. The Morgan fingerprint density at radius 3 is 2.44 bits per heavy atom. The molecule has 0 unspecified atom stereocenters. The van der Waals surface area contributed by atoms with E-state index in [1.165, 1.54) is 0 Å². The lowest BCUT2D eigenvalue weighted by molar-refractivity contribution is -0.145. The van der Waals surface area contributed by atoms with Crippen molar-refractivity contribution in [1.82, 2.24) is 0 Å². The maximum absolute atomic E-state index is 11.8. The molecule has 2 N–H and O–H groups in total. The van der Waals surface area contributed by atoms with E-state index in [0.29, 0.717) is 12.3 Å². The van der Waals surface area contributed by atoms with Crippen LogP contribution in [-0.4, -0.2) is 26.0 Å². The van der Waals surface area contributed by atoms with E-state index in [2.05, 4.69) is 0 Å². The smallest absolute Gasteiger partial charge is 0.391 e. The number of benzene rings is 1. The Morgan fingerprint density at radius 1 is 1.06 bits per heavy atom. The van der Waals surface area contributed by atoms with Crippen LogP contribution < -0.4 is 10.5 Å². The summed E-state index contributed by atoms with van der Waals surface area (Å²) in [5, 5.41) is 0. The molecule has 3 nitrogen and oxygen atoms in total. The van der Waals surface area contributed by atoms with Gasteiger partial charge in [-0.3, -0.25) is 0 Å². The molecule has 6 heteroatoms. The molecule has 0 aliphatic carbocycles. The van der Waals surface area contributed by atoms with Crippen molar-refractivity contribution in [2.24, 2.45) is 5.73 Å². The van der Waals surface area contributed by atoms with Crippen molar-refractivity contribution in [2.45, 2.75) is 19.1 Å². The third-order valence-electron chi connectivity index (χ3n) is 2.21. The van der Waals surface area contributed by atoms with Crippen LogP contribution in [0.3, 0.4) is 0 Å². The van der Waals surface area contributed by atoms with Crippen LogP contribution in [0.5, 0.6) is 5.75 Å². The van der Waals surface area contributed by atoms with E-state index in [0.717, 1.165) is 5.56 Å². The average Bonchev–Trinajstić information content (AvgIpc) is 2.32. The maximum atomic E-state index is 11.8. The molecule has 0 radical (unpaired) electrons. The SMILES string of the molecule is NCc1ccccc1OCCOCCC(F)(F)F. The van der Waals surface area contributed by atoms with Gasteiger partial charge in [0, 0.05) is 12.1 Å². The Kier molecular flexibility index (Phi) is 5.94. The van der Waals surface area contributed by atoms with Crippen molar-refractivity contribution in [2.75, 3.05) is 19.8 Å². The van der Waals surface area contributed by atoms with Gasteiger partial charge in [-0.05, 0) is 6.07 Å². The Morgan fingerprint density at radius 2 is 1.78 bits per heavy atom. The second-order valence-corrected chi connectivity index (χ2v) is 3.64. The molecule has 102 valence electrons. The van der Waals surface area contributed by atoms with Gasteiger partial charge in [-0.25, -0.2) is 0 Å². The fourth-order valence-corrected chi connectivity index (χ4v) is 1.31. The van der Waals surface area contributed by atoms with Crippen molar-refractivity contribution < 1.29 is 22.6 Å². The van der Waals surface area contributed by atoms with Crippen molar-refractivity contribution in [1.29, 1.82) is 0 Å². The van der Waals surface area contributed by atoms with E-state index in [4.69, 9.17) is 15.2 Å². The minimum Gasteiger partial charge on any atom is -0.491 e. The molecule has 0 aromatic heterocycles. The van der Waals surface area contributed by atoms with Gasteiger partial charge in [0.2, 0.25) is 0 Å². The van der Waals surface area contributed by atoms with Gasteiger partial charge < -0.3 is 15.2 Å². The van der Waals surface area contributed by atoms with E-state index in [1.54, 1.807) is 12.1 Å². The number of rotatable bonds is 7. The van der Waals surface area contributed by atoms with E-state index in [-0.39, 0.29) is 19.8 Å². The third kappa shape index (κ3) is 5.88. The standard InChI is InChI=1S/C12H16F3NO2/c13-12(14,15)5-6-17-7-8-18-11-4-2-1-3-10(11)9-16/h1-4H,5-9,16H2. The maximum Gasteiger partial charge on any atom is 0.391 e. The number of para-hydroxylation sites is 1. The Bertz CT molecular complexity index is 355. The molecule has 1 aromatic carbocycles. The molecule has 0 atom stereocenters. The molecule has 0 aliphatic heterocycles. The highest BCUT2D eigenvalue weighted by Crippen LogP contribution is 2.19. The zero-order valence-corrected chi connectivity index (χ0v) is 9.87. The van der Waals surface area contributed by atoms with Gasteiger partial charge in [-0.1, -0.05) is 18.2 Å². The highest BCUT2D eigenvalue weighted by Gasteiger charge is 2.26. The van der Waals surface area contributed by atoms with E-state index < -0.39 is 12.6 Å². The minimum atomic E-state index is -4.17. The van der Waals surface area contributed by atoms with Crippen molar-refractivity contribution in [3.8, 4) is 5.75 Å². The van der Waals surface area contributed by atoms with E-state index >= 15 is 0 Å². The first-order valence-corrected chi connectivity index (χ1v) is 5.58. The summed E-state index contributed by atoms with van der Waals surface area (Å²) in [6, 6.07) is 7.24. The summed E-state index contributed by atoms with van der Waals surface area (Å²) in [6.45, 7) is 0.334. The second kappa shape index (κ2) is 7.23. The molecule has 1 aromatic rings. The molecule has 0 heterocycles. The number of hydrogen-bond donors (Lipinski definition) is 1. The first-order valence-electron chi connectivity index (χ1n) is 5.58. The fraction of sp³-hybridized carbons (Fsp3) is 0.500. The molecule has 1 rings (SSSR count). The van der Waals surface area contributed by atoms with Gasteiger partial charge in [-0.2, -0.15) is 13.2 Å². The van der Waals surface area contributed by atoms with E-state index in [9.17, 15) is 13.2 Å². The molecular formula is C12H16F3NO2. The topological polar surface area (TPSA) is 44.5 Å². The number of nitrogens with two attached hydrogens (primary N) is 1. The number of hydrogen-bond acceptors (Lipinski definition) is 3. The van der Waals surface area contributed by atoms with Gasteiger partial charge in [0.05, 0.1) is 19.6 Å². The molecule has 0 spiro atoms. The highest BCUT2D eigenvalue weighted by molar-refractivity contribution is 5.32. The predicted molar refractivity (Wildman–Crippen MR) is 61.3 cm³/mol. The van der Waals surface area contributed by atoms with E-state index in [1.807, 2.05) is 12.1 Å². The van der Waals surface area contributed by atoms with Crippen LogP contribution in [0.25, 0.3) is 0 Å². The summed E-state index contributed by atoms with van der Waals surface area (Å²) in [5.41, 5.74) is 6.37. The summed E-state index contributed by atoms with van der Waals surface area (Å²) in [7, 11) is 0. The minimum absolute atomic E-state index is 0.120. The highest BCUT2D eigenvalue weighted by atomic mass is 19.4. The van der Waals surface area contributed by atoms with Crippen LogP contribution in [-0.2, 0) is 11.3 Å². The lowest BCUT2D eigenvalue weighted by Crippen LogP contribution is -2.14. The largest absolute Gasteiger partial charge is 0.491 e. The summed E-state index contributed by atoms with van der Waals surface area (Å²) < 4.78 is 45.6. The summed E-state index contributed by atoms with van der Waals surface area (Å²) in [6.07, 6.45) is -5.11. The zero-order chi connectivity index (χ0) is 13.4. The Hall–Kier alpha value is -1.27. The van der Waals surface area contributed by atoms with Crippen LogP contribution in [0.15, 0.2) is 24.3 Å². The van der Waals surface area contributed by atoms with Gasteiger partial charge >= 0.3 is 6.18 Å². The fourth-order valence-electron chi connectivity index (χ4n) is 1.31. The van der Waals surface area contributed by atoms with Gasteiger partial charge in [-0.15, -0.1) is 0 Å². The molecule has 0 fully saturated rings. The Labute approximate surface area is 104 Å². The third-order valence-corrected chi connectivity index (χ3v) is 2.21. The van der Waals surface area contributed by atoms with Gasteiger partial charge in [0.15, 0.2) is 0 Å². The van der Waals surface area contributed by atoms with Crippen LogP contribution >= 0.6 is 0 Å². The predicted octanol–water partition coefficient (Wildman–Crippen LogP) is 2.49. The van der Waals surface area contributed by atoms with Crippen LogP contribution in [0, 0.1) is 0 Å². The molecular weight excluding hydrogens is 247 g/mol. The van der Waals surface area contributed by atoms with Crippen LogP contribution in [0.4, 0.5) is 13.2 Å². The van der Waals surface area contributed by atoms with Crippen molar-refractivity contribution in [3.63, 3.8) is 0 Å². The molecule has 0 saturated heterocycles. The lowest BCUT2D eigenvalue weighted by Gasteiger charge is -2.11. The van der Waals surface area contributed by atoms with Gasteiger partial charge in [0.25, 0.3) is 0 Å². The summed E-state index contributed by atoms with van der Waals surface area (Å²) in [4.78, 5) is 0. The summed E-state index contributed by atoms with van der Waals surface area (Å²) >= 11 is 0. The van der Waals surface area contributed by atoms with Gasteiger partial charge in [0.1, 0.15) is 12.4 Å². The Balaban J connectivity index is 2.18. The zero-order valence-electron chi connectivity index (χ0n) is 9.87. The number of halogens is 3. The average molecular weight is 263 g/mol. The first-order chi connectivity index (χ1) is 8.53. The molecule has 0 amide bonds. The van der Waals surface area contributed by atoms with Crippen molar-refractivity contribution >= 4 is 0 Å². The van der Waals surface area contributed by atoms with Crippen LogP contribution in [0.1, 0.15) is 12.0 Å². The molecule has 18 heavy (non-hydrogen) atoms. The summed E-state index contributed by atoms with van der Waals surface area (Å²) in [5.74, 6) is 0.638. The lowest BCUT2D eigenvalue weighted by atomic mass is 10.2. The second-order valence-electron chi connectivity index (χ2n) is 3.64. The van der Waals surface area contributed by atoms with Crippen LogP contribution in [0.2, 0.25) is 0 Å². The molecule has 0 bridgehead atoms. The number of alkyl halides is 3. The molecule has 0 saturated carbocycles. The quantitative estimate of drug-likeness (QED) is 0.769. The first kappa shape index (κ1) is 14.8. The number of ether oxygens (including phenoxy) is 2.